The van der Waals surface area contributed by atoms with Crippen molar-refractivity contribution >= 4 is 12.1 Å². The molecule has 2 rings (SSSR count). The van der Waals surface area contributed by atoms with Gasteiger partial charge in [-0.15, -0.1) is 0 Å². The lowest BCUT2D eigenvalue weighted by molar-refractivity contribution is 0.0236. The molecule has 0 fully saturated rings. The van der Waals surface area contributed by atoms with E-state index in [1.165, 1.54) is 4.90 Å². The first-order chi connectivity index (χ1) is 11.6. The molecule has 0 atom stereocenters. The van der Waals surface area contributed by atoms with Crippen LogP contribution in [0.5, 0.6) is 0 Å². The number of aromatic nitrogens is 2. The Morgan fingerprint density at radius 2 is 1.92 bits per heavy atom. The highest BCUT2D eigenvalue weighted by Gasteiger charge is 2.25. The van der Waals surface area contributed by atoms with E-state index in [-0.39, 0.29) is 12.1 Å². The van der Waals surface area contributed by atoms with Gasteiger partial charge in [0, 0.05) is 34.2 Å². The third kappa shape index (κ3) is 5.11. The van der Waals surface area contributed by atoms with Gasteiger partial charge < -0.3 is 19.4 Å². The molecule has 0 saturated carbocycles. The van der Waals surface area contributed by atoms with Crippen LogP contribution >= 0.6 is 0 Å². The van der Waals surface area contributed by atoms with Crippen LogP contribution in [0.4, 0.5) is 9.59 Å². The smallest absolute Gasteiger partial charge is 0.410 e. The summed E-state index contributed by atoms with van der Waals surface area (Å²) >= 11 is 0. The van der Waals surface area contributed by atoms with Gasteiger partial charge in [0.1, 0.15) is 5.60 Å². The molecule has 0 radical (unpaired) electrons. The fourth-order valence-electron chi connectivity index (χ4n) is 2.73. The van der Waals surface area contributed by atoms with Crippen molar-refractivity contribution in [3.8, 4) is 0 Å². The molecule has 0 aliphatic carbocycles. The Balaban J connectivity index is 2.07. The third-order valence-corrected chi connectivity index (χ3v) is 3.82. The summed E-state index contributed by atoms with van der Waals surface area (Å²) < 4.78 is 7.40. The molecule has 25 heavy (non-hydrogen) atoms. The summed E-state index contributed by atoms with van der Waals surface area (Å²) in [7, 11) is 5.19. The number of hydrogen-bond acceptors (Lipinski definition) is 4. The molecule has 0 unspecified atom stereocenters. The minimum atomic E-state index is -0.510. The Morgan fingerprint density at radius 1 is 1.24 bits per heavy atom. The maximum absolute atomic E-state index is 12.3. The second kappa shape index (κ2) is 7.33. The molecule has 0 N–H and O–H groups in total. The number of urea groups is 1. The third-order valence-electron chi connectivity index (χ3n) is 3.82. The number of carbonyl (C=O) groups excluding carboxylic acids is 2. The van der Waals surface area contributed by atoms with Crippen LogP contribution in [0.2, 0.25) is 0 Å². The van der Waals surface area contributed by atoms with Crippen molar-refractivity contribution < 1.29 is 14.3 Å². The minimum Gasteiger partial charge on any atom is -0.444 e. The van der Waals surface area contributed by atoms with Gasteiger partial charge in [-0.1, -0.05) is 0 Å². The Labute approximate surface area is 149 Å². The van der Waals surface area contributed by atoms with E-state index >= 15 is 0 Å². The Hall–Kier alpha value is -2.25. The molecule has 1 aliphatic rings. The van der Waals surface area contributed by atoms with Crippen LogP contribution in [-0.2, 0) is 24.4 Å². The fourth-order valence-corrected chi connectivity index (χ4v) is 2.73. The molecule has 8 nitrogen and oxygen atoms in total. The van der Waals surface area contributed by atoms with Crippen LogP contribution in [0, 0.1) is 0 Å². The van der Waals surface area contributed by atoms with E-state index in [9.17, 15) is 9.59 Å². The zero-order valence-corrected chi connectivity index (χ0v) is 16.1. The average molecular weight is 351 g/mol. The second-order valence-corrected chi connectivity index (χ2v) is 7.64. The van der Waals surface area contributed by atoms with Crippen molar-refractivity contribution in [1.82, 2.24) is 24.5 Å². The highest BCUT2D eigenvalue weighted by atomic mass is 16.6. The summed E-state index contributed by atoms with van der Waals surface area (Å²) in [5.41, 5.74) is 1.27. The molecule has 1 aromatic rings. The van der Waals surface area contributed by atoms with Crippen LogP contribution in [0.1, 0.15) is 38.6 Å². The monoisotopic (exact) mass is 351 g/mol. The molecule has 0 spiro atoms. The van der Waals surface area contributed by atoms with Gasteiger partial charge in [-0.3, -0.25) is 4.68 Å². The molecule has 1 aliphatic heterocycles. The van der Waals surface area contributed by atoms with Gasteiger partial charge in [-0.2, -0.15) is 5.10 Å². The number of fused-ring (bicyclic) bond motifs is 1. The molecular formula is C17H29N5O3. The van der Waals surface area contributed by atoms with Crippen molar-refractivity contribution in [2.75, 3.05) is 27.7 Å². The lowest BCUT2D eigenvalue weighted by Gasteiger charge is -2.26. The molecule has 0 saturated heterocycles. The molecule has 1 aromatic heterocycles. The summed E-state index contributed by atoms with van der Waals surface area (Å²) in [5, 5.41) is 4.59. The molecule has 8 heteroatoms. The van der Waals surface area contributed by atoms with Crippen LogP contribution in [0.3, 0.4) is 0 Å². The number of rotatable bonds is 2. The topological polar surface area (TPSA) is 70.9 Å². The summed E-state index contributed by atoms with van der Waals surface area (Å²) in [6, 6.07) is 1.89. The number of ether oxygens (including phenoxy) is 1. The second-order valence-electron chi connectivity index (χ2n) is 7.64. The van der Waals surface area contributed by atoms with Crippen molar-refractivity contribution in [1.29, 1.82) is 0 Å². The molecular weight excluding hydrogens is 322 g/mol. The molecule has 0 bridgehead atoms. The molecule has 2 heterocycles. The average Bonchev–Trinajstić information content (AvgIpc) is 2.73. The highest BCUT2D eigenvalue weighted by molar-refractivity contribution is 5.73. The van der Waals surface area contributed by atoms with Gasteiger partial charge in [0.2, 0.25) is 0 Å². The van der Waals surface area contributed by atoms with Crippen molar-refractivity contribution in [2.24, 2.45) is 0 Å². The van der Waals surface area contributed by atoms with E-state index in [1.807, 2.05) is 31.5 Å². The Kier molecular flexibility index (Phi) is 5.59. The van der Waals surface area contributed by atoms with Gasteiger partial charge in [0.25, 0.3) is 0 Å². The number of carbonyl (C=O) groups is 2. The summed E-state index contributed by atoms with van der Waals surface area (Å²) in [4.78, 5) is 29.2. The normalized spacial score (nSPS) is 14.6. The van der Waals surface area contributed by atoms with Crippen LogP contribution in [0.25, 0.3) is 0 Å². The van der Waals surface area contributed by atoms with E-state index < -0.39 is 5.60 Å². The number of nitrogens with zero attached hydrogens (tertiary/aromatic N) is 5. The van der Waals surface area contributed by atoms with E-state index in [4.69, 9.17) is 4.74 Å². The summed E-state index contributed by atoms with van der Waals surface area (Å²) in [5.74, 6) is 0. The first-order valence-corrected chi connectivity index (χ1v) is 8.53. The summed E-state index contributed by atoms with van der Waals surface area (Å²) in [6.45, 7) is 7.89. The van der Waals surface area contributed by atoms with Crippen LogP contribution in [-0.4, -0.2) is 69.9 Å². The first-order valence-electron chi connectivity index (χ1n) is 8.53. The SMILES string of the molecule is CN(C)C(=O)N(C)Cc1cc2n(n1)CCCN(C(=O)OC(C)(C)C)C2. The predicted octanol–water partition coefficient (Wildman–Crippen LogP) is 2.14. The van der Waals surface area contributed by atoms with Crippen LogP contribution in [0.15, 0.2) is 6.07 Å². The van der Waals surface area contributed by atoms with E-state index in [1.54, 1.807) is 30.9 Å². The standard InChI is InChI=1S/C17H29N5O3/c1-17(2,3)25-16(24)21-8-7-9-22-14(12-21)10-13(18-22)11-20(6)15(23)19(4)5/h10H,7-9,11-12H2,1-6H3. The fraction of sp³-hybridized carbons (Fsp3) is 0.706. The van der Waals surface area contributed by atoms with E-state index in [0.29, 0.717) is 19.6 Å². The molecule has 3 amide bonds. The molecule has 140 valence electrons. The van der Waals surface area contributed by atoms with Crippen molar-refractivity contribution in [3.63, 3.8) is 0 Å². The van der Waals surface area contributed by atoms with Gasteiger partial charge in [0.15, 0.2) is 0 Å². The first kappa shape index (κ1) is 19.1. The zero-order valence-electron chi connectivity index (χ0n) is 16.1. The van der Waals surface area contributed by atoms with Crippen LogP contribution < -0.4 is 0 Å². The lowest BCUT2D eigenvalue weighted by atomic mass is 10.2. The maximum atomic E-state index is 12.3. The van der Waals surface area contributed by atoms with E-state index in [2.05, 4.69) is 5.10 Å². The zero-order chi connectivity index (χ0) is 18.8. The number of amides is 3. The predicted molar refractivity (Wildman–Crippen MR) is 94.0 cm³/mol. The Bertz CT molecular complexity index is 633. The largest absolute Gasteiger partial charge is 0.444 e. The number of aryl methyl sites for hydroxylation is 1. The minimum absolute atomic E-state index is 0.0708. The van der Waals surface area contributed by atoms with E-state index in [0.717, 1.165) is 24.4 Å². The van der Waals surface area contributed by atoms with Gasteiger partial charge in [-0.05, 0) is 33.3 Å². The van der Waals surface area contributed by atoms with Gasteiger partial charge in [-0.25, -0.2) is 9.59 Å². The maximum Gasteiger partial charge on any atom is 0.410 e. The van der Waals surface area contributed by atoms with Gasteiger partial charge in [0.05, 0.1) is 24.5 Å². The number of hydrogen-bond donors (Lipinski definition) is 0. The Morgan fingerprint density at radius 3 is 2.52 bits per heavy atom. The summed E-state index contributed by atoms with van der Waals surface area (Å²) in [6.07, 6.45) is 0.517. The van der Waals surface area contributed by atoms with Gasteiger partial charge >= 0.3 is 12.1 Å². The quantitative estimate of drug-likeness (QED) is 0.818. The lowest BCUT2D eigenvalue weighted by Crippen LogP contribution is -2.36. The van der Waals surface area contributed by atoms with Crippen molar-refractivity contribution in [2.45, 2.75) is 52.4 Å². The highest BCUT2D eigenvalue weighted by Crippen LogP contribution is 2.18. The molecule has 0 aromatic carbocycles. The van der Waals surface area contributed by atoms with Crippen molar-refractivity contribution in [3.05, 3.63) is 17.5 Å².